The summed E-state index contributed by atoms with van der Waals surface area (Å²) in [6, 6.07) is 0. The maximum absolute atomic E-state index is 2.53. The SMILES string of the molecule is CC(CCCC1C(C)C(C)C(C)C1C)C(C)CCCC1C(C)C(C)C(C)C1C. The zero-order chi connectivity index (χ0) is 21.2. The molecule has 2 aliphatic rings. The van der Waals surface area contributed by atoms with Gasteiger partial charge in [0.25, 0.3) is 0 Å². The summed E-state index contributed by atoms with van der Waals surface area (Å²) >= 11 is 0. The predicted molar refractivity (Wildman–Crippen MR) is 126 cm³/mol. The van der Waals surface area contributed by atoms with Gasteiger partial charge in [0, 0.05) is 0 Å². The highest BCUT2D eigenvalue weighted by Crippen LogP contribution is 2.48. The summed E-state index contributed by atoms with van der Waals surface area (Å²) in [6.07, 6.45) is 8.75. The highest BCUT2D eigenvalue weighted by atomic mass is 14.5. The molecule has 0 heteroatoms. The van der Waals surface area contributed by atoms with Crippen molar-refractivity contribution in [3.05, 3.63) is 0 Å². The van der Waals surface area contributed by atoms with Crippen LogP contribution in [0.4, 0.5) is 0 Å². The molecule has 0 amide bonds. The quantitative estimate of drug-likeness (QED) is 0.368. The summed E-state index contributed by atoms with van der Waals surface area (Å²) < 4.78 is 0. The van der Waals surface area contributed by atoms with E-state index in [-0.39, 0.29) is 0 Å². The summed E-state index contributed by atoms with van der Waals surface area (Å²) in [5.74, 6) is 11.1. The maximum Gasteiger partial charge on any atom is -0.0357 e. The first-order valence-corrected chi connectivity index (χ1v) is 13.1. The van der Waals surface area contributed by atoms with Gasteiger partial charge in [-0.1, -0.05) is 94.9 Å². The zero-order valence-electron chi connectivity index (χ0n) is 21.2. The molecule has 166 valence electrons. The van der Waals surface area contributed by atoms with Crippen LogP contribution in [0.3, 0.4) is 0 Å². The predicted octanol–water partition coefficient (Wildman–Crippen LogP) is 8.95. The lowest BCUT2D eigenvalue weighted by atomic mass is 9.80. The lowest BCUT2D eigenvalue weighted by molar-refractivity contribution is 0.251. The van der Waals surface area contributed by atoms with Crippen LogP contribution in [-0.4, -0.2) is 0 Å². The molecule has 28 heavy (non-hydrogen) atoms. The molecule has 0 radical (unpaired) electrons. The van der Waals surface area contributed by atoms with Crippen molar-refractivity contribution in [2.75, 3.05) is 0 Å². The largest absolute Gasteiger partial charge is 0.0623 e. The standard InChI is InChI=1S/C28H54/c1-17(13-11-15-27-23(7)19(3)20(4)24(27)8)18(2)14-12-16-28-25(9)21(5)22(6)26(28)10/h17-28H,11-16H2,1-10H3. The van der Waals surface area contributed by atoms with Gasteiger partial charge in [-0.2, -0.15) is 0 Å². The summed E-state index contributed by atoms with van der Waals surface area (Å²) in [6.45, 7) is 25.1. The van der Waals surface area contributed by atoms with E-state index in [4.69, 9.17) is 0 Å². The van der Waals surface area contributed by atoms with Gasteiger partial charge in [0.05, 0.1) is 0 Å². The van der Waals surface area contributed by atoms with Crippen molar-refractivity contribution in [3.8, 4) is 0 Å². The van der Waals surface area contributed by atoms with Crippen molar-refractivity contribution >= 4 is 0 Å². The summed E-state index contributed by atoms with van der Waals surface area (Å²) in [5, 5.41) is 0. The van der Waals surface area contributed by atoms with Crippen molar-refractivity contribution in [3.63, 3.8) is 0 Å². The molecule has 10 atom stereocenters. The highest BCUT2D eigenvalue weighted by molar-refractivity contribution is 4.90. The normalized spacial score (nSPS) is 46.1. The van der Waals surface area contributed by atoms with Crippen molar-refractivity contribution in [2.45, 2.75) is 108 Å². The van der Waals surface area contributed by atoms with Crippen LogP contribution in [0.15, 0.2) is 0 Å². The minimum absolute atomic E-state index is 0.901. The first-order valence-electron chi connectivity index (χ1n) is 13.1. The molecule has 2 aliphatic carbocycles. The Labute approximate surface area is 179 Å². The van der Waals surface area contributed by atoms with Crippen LogP contribution in [0.2, 0.25) is 0 Å². The molecule has 0 aromatic rings. The maximum atomic E-state index is 2.53. The van der Waals surface area contributed by atoms with Gasteiger partial charge in [-0.25, -0.2) is 0 Å². The Morgan fingerprint density at radius 3 is 0.929 bits per heavy atom. The monoisotopic (exact) mass is 390 g/mol. The number of hydrogen-bond donors (Lipinski definition) is 0. The van der Waals surface area contributed by atoms with Gasteiger partial charge >= 0.3 is 0 Å². The summed E-state index contributed by atoms with van der Waals surface area (Å²) in [7, 11) is 0. The smallest absolute Gasteiger partial charge is 0.0357 e. The van der Waals surface area contributed by atoms with Crippen LogP contribution in [-0.2, 0) is 0 Å². The fourth-order valence-electron chi connectivity index (χ4n) is 7.40. The molecule has 0 saturated heterocycles. The molecular formula is C28H54. The molecule has 2 fully saturated rings. The molecule has 2 saturated carbocycles. The van der Waals surface area contributed by atoms with Crippen molar-refractivity contribution in [1.29, 1.82) is 0 Å². The Balaban J connectivity index is 1.67. The number of hydrogen-bond acceptors (Lipinski definition) is 0. The van der Waals surface area contributed by atoms with Gasteiger partial charge in [-0.15, -0.1) is 0 Å². The third kappa shape index (κ3) is 5.18. The third-order valence-corrected chi connectivity index (χ3v) is 11.0. The molecule has 0 spiro atoms. The fourth-order valence-corrected chi connectivity index (χ4v) is 7.40. The minimum atomic E-state index is 0.901. The van der Waals surface area contributed by atoms with Crippen molar-refractivity contribution < 1.29 is 0 Å². The number of rotatable bonds is 9. The van der Waals surface area contributed by atoms with E-state index in [0.29, 0.717) is 0 Å². The van der Waals surface area contributed by atoms with Crippen LogP contribution in [0, 0.1) is 71.0 Å². The van der Waals surface area contributed by atoms with E-state index < -0.39 is 0 Å². The minimum Gasteiger partial charge on any atom is -0.0623 e. The average molecular weight is 391 g/mol. The van der Waals surface area contributed by atoms with E-state index >= 15 is 0 Å². The van der Waals surface area contributed by atoms with E-state index in [1.54, 1.807) is 0 Å². The lowest BCUT2D eigenvalue weighted by Gasteiger charge is -2.25. The second-order valence-corrected chi connectivity index (χ2v) is 12.0. The zero-order valence-corrected chi connectivity index (χ0v) is 21.2. The van der Waals surface area contributed by atoms with Crippen LogP contribution in [0.5, 0.6) is 0 Å². The van der Waals surface area contributed by atoms with Crippen LogP contribution >= 0.6 is 0 Å². The Morgan fingerprint density at radius 2 is 0.679 bits per heavy atom. The Kier molecular flexibility index (Phi) is 8.97. The van der Waals surface area contributed by atoms with E-state index in [1.165, 1.54) is 38.5 Å². The van der Waals surface area contributed by atoms with Gasteiger partial charge < -0.3 is 0 Å². The topological polar surface area (TPSA) is 0 Å². The Hall–Kier alpha value is 0. The molecule has 2 rings (SSSR count). The Bertz CT molecular complexity index is 383. The van der Waals surface area contributed by atoms with Crippen LogP contribution in [0.1, 0.15) is 108 Å². The molecule has 0 heterocycles. The van der Waals surface area contributed by atoms with E-state index in [1.807, 2.05) is 0 Å². The van der Waals surface area contributed by atoms with Crippen LogP contribution < -0.4 is 0 Å². The molecule has 0 bridgehead atoms. The summed E-state index contributed by atoms with van der Waals surface area (Å²) in [4.78, 5) is 0. The van der Waals surface area contributed by atoms with Crippen molar-refractivity contribution in [1.82, 2.24) is 0 Å². The van der Waals surface area contributed by atoms with Gasteiger partial charge in [-0.3, -0.25) is 0 Å². The molecule has 0 N–H and O–H groups in total. The first kappa shape index (κ1) is 24.3. The van der Waals surface area contributed by atoms with E-state index in [2.05, 4.69) is 69.2 Å². The van der Waals surface area contributed by atoms with Crippen LogP contribution in [0.25, 0.3) is 0 Å². The second-order valence-electron chi connectivity index (χ2n) is 12.0. The molecule has 10 unspecified atom stereocenters. The van der Waals surface area contributed by atoms with E-state index in [0.717, 1.165) is 71.0 Å². The second kappa shape index (κ2) is 10.3. The van der Waals surface area contributed by atoms with Gasteiger partial charge in [-0.05, 0) is 83.9 Å². The molecule has 0 aromatic heterocycles. The lowest BCUT2D eigenvalue weighted by Crippen LogP contribution is -2.16. The summed E-state index contributed by atoms with van der Waals surface area (Å²) in [5.41, 5.74) is 0. The van der Waals surface area contributed by atoms with Crippen molar-refractivity contribution in [2.24, 2.45) is 71.0 Å². The van der Waals surface area contributed by atoms with Gasteiger partial charge in [0.2, 0.25) is 0 Å². The average Bonchev–Trinajstić information content (AvgIpc) is 2.97. The molecular weight excluding hydrogens is 336 g/mol. The third-order valence-electron chi connectivity index (χ3n) is 11.0. The Morgan fingerprint density at radius 1 is 0.429 bits per heavy atom. The molecule has 0 aliphatic heterocycles. The first-order chi connectivity index (χ1) is 13.1. The fraction of sp³-hybridized carbons (Fsp3) is 1.00. The van der Waals surface area contributed by atoms with Gasteiger partial charge in [0.1, 0.15) is 0 Å². The highest BCUT2D eigenvalue weighted by Gasteiger charge is 2.41. The molecule has 0 nitrogen and oxygen atoms in total. The molecule has 0 aromatic carbocycles. The van der Waals surface area contributed by atoms with Gasteiger partial charge in [0.15, 0.2) is 0 Å². The van der Waals surface area contributed by atoms with E-state index in [9.17, 15) is 0 Å².